The van der Waals surface area contributed by atoms with Gasteiger partial charge < -0.3 is 0 Å². The molecule has 0 saturated carbocycles. The first-order valence-electron chi connectivity index (χ1n) is 5.17. The first-order chi connectivity index (χ1) is 8.07. The number of rotatable bonds is 3. The van der Waals surface area contributed by atoms with Crippen molar-refractivity contribution in [2.75, 3.05) is 0 Å². The average Bonchev–Trinajstić information content (AvgIpc) is 2.30. The molecule has 0 saturated heterocycles. The van der Waals surface area contributed by atoms with Gasteiger partial charge in [0.05, 0.1) is 4.90 Å². The fourth-order valence-electron chi connectivity index (χ4n) is 1.72. The molecule has 0 fully saturated rings. The summed E-state index contributed by atoms with van der Waals surface area (Å²) in [5.74, 6) is 0. The van der Waals surface area contributed by atoms with Crippen LogP contribution in [0.2, 0.25) is 0 Å². The number of benzene rings is 2. The second-order valence-corrected chi connectivity index (χ2v) is 5.14. The molecule has 0 atom stereocenters. The van der Waals surface area contributed by atoms with Crippen molar-refractivity contribution in [2.45, 2.75) is 11.3 Å². The van der Waals surface area contributed by atoms with Crippen LogP contribution in [0.5, 0.6) is 0 Å². The molecule has 0 amide bonds. The predicted octanol–water partition coefficient (Wildman–Crippen LogP) is 2.52. The topological polar surface area (TPSA) is 54.4 Å². The predicted molar refractivity (Wildman–Crippen MR) is 65.5 cm³/mol. The number of hydrogen-bond donors (Lipinski definition) is 1. The maximum absolute atomic E-state index is 11.2. The molecule has 0 spiro atoms. The molecule has 0 aliphatic carbocycles. The van der Waals surface area contributed by atoms with Crippen LogP contribution in [-0.2, 0) is 16.5 Å². The molecule has 0 unspecified atom stereocenters. The Bertz CT molecular complexity index is 604. The summed E-state index contributed by atoms with van der Waals surface area (Å²) < 4.78 is 31.5. The summed E-state index contributed by atoms with van der Waals surface area (Å²) in [7, 11) is -4.15. The molecule has 17 heavy (non-hydrogen) atoms. The molecule has 4 heteroatoms. The van der Waals surface area contributed by atoms with Crippen molar-refractivity contribution in [3.8, 4) is 0 Å². The Morgan fingerprint density at radius 1 is 0.882 bits per heavy atom. The molecule has 0 aromatic heterocycles. The van der Waals surface area contributed by atoms with Crippen LogP contribution < -0.4 is 0 Å². The van der Waals surface area contributed by atoms with Crippen molar-refractivity contribution in [3.63, 3.8) is 0 Å². The van der Waals surface area contributed by atoms with Crippen molar-refractivity contribution >= 4 is 10.1 Å². The SMILES string of the molecule is O=S(=O)(O)c1ccccc1Cc1ccccc1. The summed E-state index contributed by atoms with van der Waals surface area (Å²) in [6, 6.07) is 16.0. The van der Waals surface area contributed by atoms with Crippen LogP contribution in [0.25, 0.3) is 0 Å². The Kier molecular flexibility index (Phi) is 3.26. The summed E-state index contributed by atoms with van der Waals surface area (Å²) >= 11 is 0. The maximum Gasteiger partial charge on any atom is 0.294 e. The lowest BCUT2D eigenvalue weighted by Crippen LogP contribution is -2.03. The van der Waals surface area contributed by atoms with Crippen molar-refractivity contribution in [2.24, 2.45) is 0 Å². The third-order valence-corrected chi connectivity index (χ3v) is 3.44. The molecule has 2 aromatic carbocycles. The Morgan fingerprint density at radius 3 is 2.12 bits per heavy atom. The number of hydrogen-bond acceptors (Lipinski definition) is 2. The van der Waals surface area contributed by atoms with Crippen molar-refractivity contribution in [1.29, 1.82) is 0 Å². The molecule has 1 N–H and O–H groups in total. The molecule has 0 heterocycles. The Hall–Kier alpha value is -1.65. The van der Waals surface area contributed by atoms with Crippen LogP contribution in [0, 0.1) is 0 Å². The van der Waals surface area contributed by atoms with Crippen LogP contribution >= 0.6 is 0 Å². The molecular weight excluding hydrogens is 236 g/mol. The van der Waals surface area contributed by atoms with Crippen LogP contribution in [-0.4, -0.2) is 13.0 Å². The van der Waals surface area contributed by atoms with Gasteiger partial charge in [0.1, 0.15) is 0 Å². The van der Waals surface area contributed by atoms with Gasteiger partial charge >= 0.3 is 0 Å². The van der Waals surface area contributed by atoms with E-state index >= 15 is 0 Å². The van der Waals surface area contributed by atoms with Gasteiger partial charge in [0, 0.05) is 0 Å². The fraction of sp³-hybridized carbons (Fsp3) is 0.0769. The first kappa shape index (κ1) is 11.8. The molecule has 2 rings (SSSR count). The first-order valence-corrected chi connectivity index (χ1v) is 6.61. The minimum Gasteiger partial charge on any atom is -0.282 e. The normalized spacial score (nSPS) is 11.4. The lowest BCUT2D eigenvalue weighted by molar-refractivity contribution is 0.482. The van der Waals surface area contributed by atoms with Gasteiger partial charge in [-0.15, -0.1) is 0 Å². The van der Waals surface area contributed by atoms with Crippen LogP contribution in [0.15, 0.2) is 59.5 Å². The quantitative estimate of drug-likeness (QED) is 0.849. The largest absolute Gasteiger partial charge is 0.294 e. The average molecular weight is 248 g/mol. The second-order valence-electron chi connectivity index (χ2n) is 3.75. The van der Waals surface area contributed by atoms with E-state index in [1.54, 1.807) is 18.2 Å². The minimum atomic E-state index is -4.15. The maximum atomic E-state index is 11.2. The summed E-state index contributed by atoms with van der Waals surface area (Å²) in [6.07, 6.45) is 0.483. The van der Waals surface area contributed by atoms with E-state index in [-0.39, 0.29) is 4.90 Å². The third-order valence-electron chi connectivity index (χ3n) is 2.49. The highest BCUT2D eigenvalue weighted by Gasteiger charge is 2.14. The summed E-state index contributed by atoms with van der Waals surface area (Å²) in [5.41, 5.74) is 1.60. The standard InChI is InChI=1S/C13H12O3S/c14-17(15,16)13-9-5-4-8-12(13)10-11-6-2-1-3-7-11/h1-9H,10H2,(H,14,15,16). The lowest BCUT2D eigenvalue weighted by atomic mass is 10.1. The van der Waals surface area contributed by atoms with E-state index in [0.717, 1.165) is 5.56 Å². The van der Waals surface area contributed by atoms with Gasteiger partial charge in [-0.3, -0.25) is 4.55 Å². The summed E-state index contributed by atoms with van der Waals surface area (Å²) in [6.45, 7) is 0. The van der Waals surface area contributed by atoms with E-state index in [4.69, 9.17) is 4.55 Å². The summed E-state index contributed by atoms with van der Waals surface area (Å²) in [5, 5.41) is 0. The van der Waals surface area contributed by atoms with Gasteiger partial charge in [-0.25, -0.2) is 0 Å². The van der Waals surface area contributed by atoms with Gasteiger partial charge in [0.2, 0.25) is 0 Å². The van der Waals surface area contributed by atoms with E-state index in [0.29, 0.717) is 12.0 Å². The van der Waals surface area contributed by atoms with Crippen LogP contribution in [0.3, 0.4) is 0 Å². The molecule has 3 nitrogen and oxygen atoms in total. The molecule has 0 aliphatic heterocycles. The minimum absolute atomic E-state index is 0.0242. The third kappa shape index (κ3) is 2.93. The Labute approximate surface area is 100 Å². The van der Waals surface area contributed by atoms with Gasteiger partial charge in [-0.1, -0.05) is 48.5 Å². The van der Waals surface area contributed by atoms with Gasteiger partial charge in [-0.05, 0) is 23.6 Å². The Balaban J connectivity index is 2.41. The van der Waals surface area contributed by atoms with E-state index in [1.165, 1.54) is 6.07 Å². The van der Waals surface area contributed by atoms with E-state index < -0.39 is 10.1 Å². The zero-order valence-electron chi connectivity index (χ0n) is 9.08. The monoisotopic (exact) mass is 248 g/mol. The fourth-order valence-corrected chi connectivity index (χ4v) is 2.44. The molecule has 0 radical (unpaired) electrons. The lowest BCUT2D eigenvalue weighted by Gasteiger charge is -2.06. The highest BCUT2D eigenvalue weighted by molar-refractivity contribution is 7.85. The van der Waals surface area contributed by atoms with Crippen molar-refractivity contribution < 1.29 is 13.0 Å². The molecular formula is C13H12O3S. The van der Waals surface area contributed by atoms with E-state index in [9.17, 15) is 8.42 Å². The zero-order chi connectivity index (χ0) is 12.3. The van der Waals surface area contributed by atoms with E-state index in [1.807, 2.05) is 30.3 Å². The van der Waals surface area contributed by atoms with Crippen LogP contribution in [0.4, 0.5) is 0 Å². The second kappa shape index (κ2) is 4.69. The van der Waals surface area contributed by atoms with Gasteiger partial charge in [0.15, 0.2) is 0 Å². The summed E-state index contributed by atoms with van der Waals surface area (Å²) in [4.78, 5) is -0.0242. The van der Waals surface area contributed by atoms with Crippen molar-refractivity contribution in [3.05, 3.63) is 65.7 Å². The van der Waals surface area contributed by atoms with Crippen LogP contribution in [0.1, 0.15) is 11.1 Å². The van der Waals surface area contributed by atoms with Gasteiger partial charge in [-0.2, -0.15) is 8.42 Å². The highest BCUT2D eigenvalue weighted by atomic mass is 32.2. The smallest absolute Gasteiger partial charge is 0.282 e. The Morgan fingerprint density at radius 2 is 1.47 bits per heavy atom. The highest BCUT2D eigenvalue weighted by Crippen LogP contribution is 2.18. The molecule has 0 bridgehead atoms. The van der Waals surface area contributed by atoms with Crippen molar-refractivity contribution in [1.82, 2.24) is 0 Å². The molecule has 0 aliphatic rings. The molecule has 2 aromatic rings. The zero-order valence-corrected chi connectivity index (χ0v) is 9.89. The van der Waals surface area contributed by atoms with Gasteiger partial charge in [0.25, 0.3) is 10.1 Å². The van der Waals surface area contributed by atoms with E-state index in [2.05, 4.69) is 0 Å². The molecule has 88 valence electrons.